The number of nitrogens with zero attached hydrogens (tertiary/aromatic N) is 2. The second-order valence-corrected chi connectivity index (χ2v) is 8.20. The number of hydrogen-bond acceptors (Lipinski definition) is 7. The van der Waals surface area contributed by atoms with Gasteiger partial charge in [0.1, 0.15) is 4.91 Å². The van der Waals surface area contributed by atoms with Crippen LogP contribution in [0.25, 0.3) is 17.3 Å². The summed E-state index contributed by atoms with van der Waals surface area (Å²) in [7, 11) is 3.13. The smallest absolute Gasteiger partial charge is 0.433 e. The SMILES string of the molecule is COc1ccc(/C=C2\Sc3scc(-c4ccc([N+](=O)[O-])cc4)[n+]3C2=O)cc1OC.[Br-]. The van der Waals surface area contributed by atoms with Gasteiger partial charge in [0.05, 0.1) is 24.5 Å². The van der Waals surface area contributed by atoms with Crippen molar-refractivity contribution in [3.8, 4) is 22.8 Å². The topological polar surface area (TPSA) is 82.6 Å². The first-order valence-corrected chi connectivity index (χ1v) is 10.2. The molecule has 0 bridgehead atoms. The summed E-state index contributed by atoms with van der Waals surface area (Å²) in [6, 6.07) is 11.6. The maximum Gasteiger partial charge on any atom is 0.433 e. The average Bonchev–Trinajstić information content (AvgIpc) is 3.28. The van der Waals surface area contributed by atoms with Gasteiger partial charge >= 0.3 is 10.2 Å². The Morgan fingerprint density at radius 2 is 1.77 bits per heavy atom. The number of thiazole rings is 1. The number of thioether (sulfide) groups is 1. The molecule has 0 unspecified atom stereocenters. The van der Waals surface area contributed by atoms with Crippen molar-refractivity contribution in [1.82, 2.24) is 0 Å². The van der Waals surface area contributed by atoms with E-state index in [1.165, 1.54) is 35.2 Å². The van der Waals surface area contributed by atoms with Gasteiger partial charge in [0.15, 0.2) is 11.5 Å². The van der Waals surface area contributed by atoms with Crippen molar-refractivity contribution in [2.45, 2.75) is 4.34 Å². The predicted molar refractivity (Wildman–Crippen MR) is 111 cm³/mol. The molecule has 0 fully saturated rings. The fourth-order valence-electron chi connectivity index (χ4n) is 2.96. The highest BCUT2D eigenvalue weighted by Gasteiger charge is 2.40. The minimum Gasteiger partial charge on any atom is -1.00 e. The van der Waals surface area contributed by atoms with Crippen LogP contribution in [-0.4, -0.2) is 25.1 Å². The zero-order valence-electron chi connectivity index (χ0n) is 15.8. The number of halogens is 1. The quantitative estimate of drug-likeness (QED) is 0.225. The van der Waals surface area contributed by atoms with Crippen LogP contribution in [0.2, 0.25) is 0 Å². The molecule has 2 aromatic carbocycles. The van der Waals surface area contributed by atoms with Crippen molar-refractivity contribution in [2.24, 2.45) is 0 Å². The average molecular weight is 507 g/mol. The number of aromatic nitrogens is 1. The molecule has 0 aliphatic carbocycles. The second kappa shape index (κ2) is 8.99. The van der Waals surface area contributed by atoms with Crippen LogP contribution in [0.4, 0.5) is 5.69 Å². The van der Waals surface area contributed by atoms with E-state index in [9.17, 15) is 14.9 Å². The van der Waals surface area contributed by atoms with Crippen LogP contribution in [0, 0.1) is 10.1 Å². The summed E-state index contributed by atoms with van der Waals surface area (Å²) in [6.45, 7) is 0. The van der Waals surface area contributed by atoms with Gasteiger partial charge in [-0.1, -0.05) is 17.4 Å². The molecular formula is C20H15BrN2O5S2. The molecule has 30 heavy (non-hydrogen) atoms. The Labute approximate surface area is 190 Å². The first-order valence-electron chi connectivity index (χ1n) is 8.46. The maximum atomic E-state index is 13.0. The third-order valence-corrected chi connectivity index (χ3v) is 6.52. The third-order valence-electron chi connectivity index (χ3n) is 4.39. The Morgan fingerprint density at radius 3 is 2.40 bits per heavy atom. The van der Waals surface area contributed by atoms with Gasteiger partial charge in [-0.3, -0.25) is 10.1 Å². The van der Waals surface area contributed by atoms with Crippen LogP contribution >= 0.6 is 23.1 Å². The van der Waals surface area contributed by atoms with Crippen molar-refractivity contribution in [1.29, 1.82) is 0 Å². The Hall–Kier alpha value is -2.69. The molecule has 0 radical (unpaired) electrons. The fraction of sp³-hybridized carbons (Fsp3) is 0.100. The Morgan fingerprint density at radius 1 is 1.07 bits per heavy atom. The van der Waals surface area contributed by atoms with Crippen molar-refractivity contribution in [2.75, 3.05) is 14.2 Å². The van der Waals surface area contributed by atoms with E-state index in [1.54, 1.807) is 37.0 Å². The summed E-state index contributed by atoms with van der Waals surface area (Å²) in [5.74, 6) is 1.08. The van der Waals surface area contributed by atoms with Crippen LogP contribution in [0.3, 0.4) is 0 Å². The zero-order valence-corrected chi connectivity index (χ0v) is 19.0. The van der Waals surface area contributed by atoms with Crippen LogP contribution in [0.5, 0.6) is 11.5 Å². The van der Waals surface area contributed by atoms with Crippen molar-refractivity contribution in [3.63, 3.8) is 0 Å². The molecule has 0 saturated carbocycles. The number of benzene rings is 2. The number of hydrogen-bond donors (Lipinski definition) is 0. The number of nitro groups is 1. The molecule has 4 rings (SSSR count). The molecule has 0 saturated heterocycles. The van der Waals surface area contributed by atoms with Crippen molar-refractivity contribution >= 4 is 40.8 Å². The summed E-state index contributed by atoms with van der Waals surface area (Å²) in [6.07, 6.45) is 1.81. The van der Waals surface area contributed by atoms with Crippen LogP contribution < -0.4 is 31.0 Å². The molecule has 10 heteroatoms. The minimum atomic E-state index is -0.445. The van der Waals surface area contributed by atoms with Crippen LogP contribution in [0.15, 0.2) is 57.1 Å². The van der Waals surface area contributed by atoms with E-state index >= 15 is 0 Å². The van der Waals surface area contributed by atoms with Crippen molar-refractivity contribution < 1.29 is 40.7 Å². The number of carbonyl (C=O) groups is 1. The highest BCUT2D eigenvalue weighted by Crippen LogP contribution is 2.39. The number of carbonyl (C=O) groups excluding carboxylic acids is 1. The Balaban J connectivity index is 0.00000256. The standard InChI is InChI=1S/C20H15N2O5S2.BrH/c1-26-16-8-3-12(9-17(16)27-2)10-18-19(23)21-15(11-28-20(21)29-18)13-4-6-14(7-5-13)22(24)25;/h3-11H,1-2H3;1H/q+1;/p-1/b18-10-;. The number of rotatable bonds is 5. The third kappa shape index (κ3) is 3.98. The van der Waals surface area contributed by atoms with Crippen LogP contribution in [-0.2, 0) is 0 Å². The van der Waals surface area contributed by atoms with E-state index in [2.05, 4.69) is 0 Å². The lowest BCUT2D eigenvalue weighted by molar-refractivity contribution is -0.588. The molecule has 0 atom stereocenters. The summed E-state index contributed by atoms with van der Waals surface area (Å²) in [4.78, 5) is 24.0. The zero-order chi connectivity index (χ0) is 20.5. The first-order chi connectivity index (χ1) is 14.0. The monoisotopic (exact) mass is 506 g/mol. The van der Waals surface area contributed by atoms with Gasteiger partial charge in [-0.25, -0.2) is 4.79 Å². The Kier molecular flexibility index (Phi) is 6.59. The van der Waals surface area contributed by atoms with E-state index < -0.39 is 4.92 Å². The summed E-state index contributed by atoms with van der Waals surface area (Å²) >= 11 is 2.86. The molecule has 3 aromatic rings. The number of nitro benzene ring substituents is 1. The summed E-state index contributed by atoms with van der Waals surface area (Å²) in [5, 5.41) is 12.7. The minimum absolute atomic E-state index is 0. The molecule has 1 aliphatic rings. The maximum absolute atomic E-state index is 13.0. The van der Waals surface area contributed by atoms with Gasteiger partial charge < -0.3 is 26.5 Å². The molecule has 1 aliphatic heterocycles. The molecule has 0 N–H and O–H groups in total. The number of fused-ring (bicyclic) bond motifs is 1. The largest absolute Gasteiger partial charge is 1.00 e. The molecule has 154 valence electrons. The van der Waals surface area contributed by atoms with Crippen LogP contribution in [0.1, 0.15) is 10.4 Å². The van der Waals surface area contributed by atoms with Gasteiger partial charge in [-0.05, 0) is 35.9 Å². The highest BCUT2D eigenvalue weighted by molar-refractivity contribution is 8.05. The Bertz CT molecular complexity index is 1160. The lowest BCUT2D eigenvalue weighted by atomic mass is 10.1. The normalized spacial score (nSPS) is 13.7. The van der Waals surface area contributed by atoms with E-state index in [0.29, 0.717) is 22.1 Å². The molecule has 7 nitrogen and oxygen atoms in total. The van der Waals surface area contributed by atoms with Gasteiger partial charge in [-0.15, -0.1) is 4.57 Å². The second-order valence-electron chi connectivity index (χ2n) is 6.06. The van der Waals surface area contributed by atoms with E-state index in [-0.39, 0.29) is 28.6 Å². The molecule has 0 spiro atoms. The van der Waals surface area contributed by atoms with Gasteiger partial charge in [0.25, 0.3) is 5.69 Å². The van der Waals surface area contributed by atoms with Gasteiger partial charge in [0.2, 0.25) is 5.69 Å². The number of ether oxygens (including phenoxy) is 2. The first kappa shape index (κ1) is 22.0. The summed E-state index contributed by atoms with van der Waals surface area (Å²) in [5.41, 5.74) is 2.30. The molecule has 1 aromatic heterocycles. The fourth-order valence-corrected chi connectivity index (χ4v) is 5.14. The van der Waals surface area contributed by atoms with E-state index in [4.69, 9.17) is 9.47 Å². The number of methoxy groups -OCH3 is 2. The molecule has 0 amide bonds. The van der Waals surface area contributed by atoms with Gasteiger partial charge in [-0.2, -0.15) is 0 Å². The molecular weight excluding hydrogens is 492 g/mol. The molecule has 2 heterocycles. The highest BCUT2D eigenvalue weighted by atomic mass is 79.9. The van der Waals surface area contributed by atoms with Crippen molar-refractivity contribution in [3.05, 3.63) is 68.4 Å². The lowest BCUT2D eigenvalue weighted by Crippen LogP contribution is -3.00. The van der Waals surface area contributed by atoms with E-state index in [0.717, 1.165) is 15.5 Å². The van der Waals surface area contributed by atoms with Gasteiger partial charge in [0, 0.05) is 29.5 Å². The lowest BCUT2D eigenvalue weighted by Gasteiger charge is -2.07. The predicted octanol–water partition coefficient (Wildman–Crippen LogP) is 1.42. The summed E-state index contributed by atoms with van der Waals surface area (Å²) < 4.78 is 13.1. The van der Waals surface area contributed by atoms with E-state index in [1.807, 2.05) is 23.6 Å². The number of non-ortho nitro benzene ring substituents is 1. The number of allylic oxidation sites excluding steroid dienone is 1.